The molecule has 1 fully saturated rings. The van der Waals surface area contributed by atoms with Gasteiger partial charge in [0.15, 0.2) is 0 Å². The average Bonchev–Trinajstić information content (AvgIpc) is 3.25. The minimum Gasteiger partial charge on any atom is -0.478 e. The monoisotopic (exact) mass is 536 g/mol. The van der Waals surface area contributed by atoms with Crippen LogP contribution in [-0.2, 0) is 0 Å². The van der Waals surface area contributed by atoms with Gasteiger partial charge in [-0.05, 0) is 60.7 Å². The molecule has 0 aliphatic carbocycles. The molecular weight excluding hydrogens is 515 g/mol. The molecule has 2 heterocycles. The maximum atomic E-state index is 13.2. The molecular formula is C28H22ClFN2O4S. The van der Waals surface area contributed by atoms with Crippen LogP contribution in [0.4, 0.5) is 10.1 Å². The van der Waals surface area contributed by atoms with Crippen molar-refractivity contribution >= 4 is 56.5 Å². The Morgan fingerprint density at radius 2 is 1.70 bits per heavy atom. The van der Waals surface area contributed by atoms with Crippen molar-refractivity contribution in [3.63, 3.8) is 0 Å². The van der Waals surface area contributed by atoms with Gasteiger partial charge in [-0.25, -0.2) is 9.18 Å². The number of amides is 2. The lowest BCUT2D eigenvalue weighted by Crippen LogP contribution is -2.38. The van der Waals surface area contributed by atoms with Crippen molar-refractivity contribution in [3.05, 3.63) is 99.1 Å². The number of carbonyl (C=O) groups excluding carboxylic acids is 2. The Balaban J connectivity index is 1.31. The molecule has 0 spiro atoms. The third-order valence-corrected chi connectivity index (χ3v) is 8.28. The van der Waals surface area contributed by atoms with E-state index in [9.17, 15) is 23.9 Å². The van der Waals surface area contributed by atoms with Crippen LogP contribution in [0.1, 0.15) is 54.7 Å². The summed E-state index contributed by atoms with van der Waals surface area (Å²) in [5.41, 5.74) is 1.17. The second-order valence-electron chi connectivity index (χ2n) is 8.88. The number of nitrogens with zero attached hydrogens (tertiary/aromatic N) is 1. The zero-order chi connectivity index (χ0) is 26.1. The van der Waals surface area contributed by atoms with Crippen LogP contribution in [0, 0.1) is 5.82 Å². The first-order chi connectivity index (χ1) is 17.8. The molecule has 9 heteroatoms. The number of nitrogens with one attached hydrogen (secondary N) is 1. The van der Waals surface area contributed by atoms with E-state index in [2.05, 4.69) is 5.32 Å². The van der Waals surface area contributed by atoms with Gasteiger partial charge in [-0.15, -0.1) is 11.3 Å². The van der Waals surface area contributed by atoms with Gasteiger partial charge >= 0.3 is 5.97 Å². The molecule has 2 amide bonds. The number of piperidine rings is 1. The molecule has 0 bridgehead atoms. The zero-order valence-electron chi connectivity index (χ0n) is 19.5. The Morgan fingerprint density at radius 3 is 2.38 bits per heavy atom. The molecule has 1 saturated heterocycles. The van der Waals surface area contributed by atoms with E-state index in [0.29, 0.717) is 18.1 Å². The van der Waals surface area contributed by atoms with E-state index in [0.717, 1.165) is 28.5 Å². The van der Waals surface area contributed by atoms with E-state index in [4.69, 9.17) is 11.6 Å². The second-order valence-corrected chi connectivity index (χ2v) is 10.3. The van der Waals surface area contributed by atoms with Gasteiger partial charge in [0.05, 0.1) is 16.3 Å². The molecule has 1 aromatic heterocycles. The van der Waals surface area contributed by atoms with Crippen LogP contribution in [0.15, 0.2) is 66.7 Å². The molecule has 0 saturated carbocycles. The first-order valence-corrected chi connectivity index (χ1v) is 12.9. The Hall–Kier alpha value is -3.75. The predicted octanol–water partition coefficient (Wildman–Crippen LogP) is 6.66. The number of anilines is 1. The van der Waals surface area contributed by atoms with Gasteiger partial charge in [0.2, 0.25) is 0 Å². The van der Waals surface area contributed by atoms with Crippen molar-refractivity contribution in [2.24, 2.45) is 0 Å². The quantitative estimate of drug-likeness (QED) is 0.298. The van der Waals surface area contributed by atoms with E-state index < -0.39 is 11.9 Å². The number of carbonyl (C=O) groups is 3. The van der Waals surface area contributed by atoms with E-state index in [1.54, 1.807) is 17.0 Å². The number of halogens is 2. The SMILES string of the molecule is O=C(O)c1cc(C(=O)N2CCC(c3ccc(F)cc3)CC2)ccc1NC(=O)c1sc2ccccc2c1Cl. The fourth-order valence-corrected chi connectivity index (χ4v) is 6.05. The summed E-state index contributed by atoms with van der Waals surface area (Å²) in [6.07, 6.45) is 1.46. The highest BCUT2D eigenvalue weighted by Gasteiger charge is 2.26. The van der Waals surface area contributed by atoms with Crippen molar-refractivity contribution in [2.45, 2.75) is 18.8 Å². The normalized spacial score (nSPS) is 14.1. The van der Waals surface area contributed by atoms with Crippen molar-refractivity contribution in [2.75, 3.05) is 18.4 Å². The van der Waals surface area contributed by atoms with Gasteiger partial charge in [-0.3, -0.25) is 9.59 Å². The van der Waals surface area contributed by atoms with E-state index in [-0.39, 0.29) is 39.3 Å². The number of benzene rings is 3. The Labute approximate surface area is 221 Å². The zero-order valence-corrected chi connectivity index (χ0v) is 21.1. The minimum atomic E-state index is -1.26. The molecule has 1 aliphatic rings. The molecule has 1 aliphatic heterocycles. The number of fused-ring (bicyclic) bond motifs is 1. The summed E-state index contributed by atoms with van der Waals surface area (Å²) in [4.78, 5) is 40.0. The lowest BCUT2D eigenvalue weighted by Gasteiger charge is -2.32. The maximum absolute atomic E-state index is 13.2. The Kier molecular flexibility index (Phi) is 6.95. The van der Waals surface area contributed by atoms with Crippen molar-refractivity contribution in [3.8, 4) is 0 Å². The topological polar surface area (TPSA) is 86.7 Å². The molecule has 0 atom stereocenters. The van der Waals surface area contributed by atoms with Crippen molar-refractivity contribution in [1.29, 1.82) is 0 Å². The fraction of sp³-hybridized carbons (Fsp3) is 0.179. The molecule has 0 unspecified atom stereocenters. The number of rotatable bonds is 5. The highest BCUT2D eigenvalue weighted by molar-refractivity contribution is 7.21. The average molecular weight is 537 g/mol. The highest BCUT2D eigenvalue weighted by atomic mass is 35.5. The maximum Gasteiger partial charge on any atom is 0.337 e. The molecule has 0 radical (unpaired) electrons. The van der Waals surface area contributed by atoms with Gasteiger partial charge in [0.25, 0.3) is 11.8 Å². The highest BCUT2D eigenvalue weighted by Crippen LogP contribution is 2.36. The smallest absolute Gasteiger partial charge is 0.337 e. The molecule has 5 rings (SSSR count). The van der Waals surface area contributed by atoms with E-state index in [1.807, 2.05) is 24.3 Å². The van der Waals surface area contributed by atoms with Gasteiger partial charge in [-0.1, -0.05) is 41.9 Å². The van der Waals surface area contributed by atoms with Gasteiger partial charge < -0.3 is 15.3 Å². The lowest BCUT2D eigenvalue weighted by molar-refractivity contribution is 0.0698. The fourth-order valence-electron chi connectivity index (χ4n) is 4.64. The second kappa shape index (κ2) is 10.3. The summed E-state index contributed by atoms with van der Waals surface area (Å²) in [6.45, 7) is 1.01. The third kappa shape index (κ3) is 5.08. The van der Waals surface area contributed by atoms with E-state index in [1.165, 1.54) is 41.7 Å². The Morgan fingerprint density at radius 1 is 1.00 bits per heavy atom. The van der Waals surface area contributed by atoms with Crippen LogP contribution >= 0.6 is 22.9 Å². The summed E-state index contributed by atoms with van der Waals surface area (Å²) in [7, 11) is 0. The molecule has 3 aromatic carbocycles. The number of thiophene rings is 1. The molecule has 37 heavy (non-hydrogen) atoms. The summed E-state index contributed by atoms with van der Waals surface area (Å²) < 4.78 is 14.1. The van der Waals surface area contributed by atoms with Crippen molar-refractivity contribution < 1.29 is 23.9 Å². The summed E-state index contributed by atoms with van der Waals surface area (Å²) in [6, 6.07) is 18.0. The Bertz CT molecular complexity index is 1510. The first kappa shape index (κ1) is 24.9. The summed E-state index contributed by atoms with van der Waals surface area (Å²) in [5.74, 6) is -2.10. The van der Waals surface area contributed by atoms with Gasteiger partial charge in [0.1, 0.15) is 10.7 Å². The largest absolute Gasteiger partial charge is 0.478 e. The molecule has 188 valence electrons. The van der Waals surface area contributed by atoms with Crippen LogP contribution in [0.3, 0.4) is 0 Å². The molecule has 6 nitrogen and oxygen atoms in total. The summed E-state index contributed by atoms with van der Waals surface area (Å²) in [5, 5.41) is 13.5. The first-order valence-electron chi connectivity index (χ1n) is 11.7. The predicted molar refractivity (Wildman–Crippen MR) is 142 cm³/mol. The van der Waals surface area contributed by atoms with Crippen LogP contribution in [0.25, 0.3) is 10.1 Å². The number of carboxylic acid groups (broad SMARTS) is 1. The van der Waals surface area contributed by atoms with Crippen LogP contribution in [0.2, 0.25) is 5.02 Å². The number of aromatic carboxylic acids is 1. The van der Waals surface area contributed by atoms with Crippen LogP contribution < -0.4 is 5.32 Å². The third-order valence-electron chi connectivity index (χ3n) is 6.61. The number of hydrogen-bond acceptors (Lipinski definition) is 4. The van der Waals surface area contributed by atoms with Crippen LogP contribution in [0.5, 0.6) is 0 Å². The number of likely N-dealkylation sites (tertiary alicyclic amines) is 1. The van der Waals surface area contributed by atoms with Gasteiger partial charge in [0, 0.05) is 28.7 Å². The van der Waals surface area contributed by atoms with Crippen LogP contribution in [-0.4, -0.2) is 40.9 Å². The van der Waals surface area contributed by atoms with E-state index >= 15 is 0 Å². The molecule has 2 N–H and O–H groups in total. The number of carboxylic acids is 1. The van der Waals surface area contributed by atoms with Crippen molar-refractivity contribution in [1.82, 2.24) is 4.90 Å². The lowest BCUT2D eigenvalue weighted by atomic mass is 9.89. The van der Waals surface area contributed by atoms with Gasteiger partial charge in [-0.2, -0.15) is 0 Å². The number of hydrogen-bond donors (Lipinski definition) is 2. The molecule has 4 aromatic rings. The minimum absolute atomic E-state index is 0.0811. The standard InChI is InChI=1S/C28H22ClFN2O4S/c29-24-20-3-1-2-4-23(20)37-25(24)26(33)31-22-10-7-18(15-21(22)28(35)36)27(34)32-13-11-17(12-14-32)16-5-8-19(30)9-6-16/h1-10,15,17H,11-14H2,(H,31,33)(H,35,36). The summed E-state index contributed by atoms with van der Waals surface area (Å²) >= 11 is 7.62.